The predicted molar refractivity (Wildman–Crippen MR) is 39.4 cm³/mol. The van der Waals surface area contributed by atoms with Crippen molar-refractivity contribution in [3.05, 3.63) is 11.5 Å². The number of oxazole rings is 1. The molecule has 3 nitrogen and oxygen atoms in total. The zero-order chi connectivity index (χ0) is 7.72. The molecule has 0 spiro atoms. The number of nitrogens with zero attached hydrogens (tertiary/aromatic N) is 1. The summed E-state index contributed by atoms with van der Waals surface area (Å²) in [4.78, 5) is 14.7. The van der Waals surface area contributed by atoms with Crippen molar-refractivity contribution in [3.8, 4) is 0 Å². The van der Waals surface area contributed by atoms with Gasteiger partial charge in [-0.05, 0) is 0 Å². The standard InChI is InChI=1S/C6H8AsNO2/c1-3-5(4(2)9)10-6(7)8-3/h7H2,1-2H3. The fourth-order valence-corrected chi connectivity index (χ4v) is 1.40. The van der Waals surface area contributed by atoms with E-state index in [0.29, 0.717) is 16.1 Å². The number of hydrogen-bond donors (Lipinski definition) is 0. The molecule has 1 unspecified atom stereocenters. The van der Waals surface area contributed by atoms with Crippen LogP contribution in [0.2, 0.25) is 0 Å². The molecule has 0 fully saturated rings. The summed E-state index contributed by atoms with van der Waals surface area (Å²) in [5.74, 6) is 0.327. The van der Waals surface area contributed by atoms with Gasteiger partial charge in [-0.2, -0.15) is 0 Å². The second kappa shape index (κ2) is 2.59. The van der Waals surface area contributed by atoms with Crippen LogP contribution in [0, 0.1) is 6.92 Å². The Hall–Kier alpha value is -0.562. The fraction of sp³-hybridized carbons (Fsp3) is 0.333. The average molecular weight is 201 g/mol. The van der Waals surface area contributed by atoms with Gasteiger partial charge in [0.2, 0.25) is 0 Å². The summed E-state index contributed by atoms with van der Waals surface area (Å²) in [5.41, 5.74) is 0.687. The van der Waals surface area contributed by atoms with E-state index in [1.807, 2.05) is 0 Å². The van der Waals surface area contributed by atoms with E-state index in [2.05, 4.69) is 4.98 Å². The van der Waals surface area contributed by atoms with E-state index >= 15 is 0 Å². The molecule has 0 aromatic carbocycles. The Kier molecular flexibility index (Phi) is 1.95. The van der Waals surface area contributed by atoms with Crippen molar-refractivity contribution in [3.63, 3.8) is 0 Å². The van der Waals surface area contributed by atoms with Crippen molar-refractivity contribution in [1.82, 2.24) is 4.98 Å². The molecule has 0 aliphatic heterocycles. The van der Waals surface area contributed by atoms with Gasteiger partial charge in [0.15, 0.2) is 0 Å². The maximum atomic E-state index is 10.8. The number of aryl methyl sites for hydroxylation is 1. The zero-order valence-corrected chi connectivity index (χ0v) is 8.26. The first-order valence-electron chi connectivity index (χ1n) is 2.85. The third kappa shape index (κ3) is 1.29. The first-order valence-corrected chi connectivity index (χ1v) is 4.06. The molecule has 0 saturated carbocycles. The summed E-state index contributed by atoms with van der Waals surface area (Å²) in [7, 11) is 0. The van der Waals surface area contributed by atoms with Crippen LogP contribution in [0.3, 0.4) is 0 Å². The maximum absolute atomic E-state index is 10.8. The average Bonchev–Trinajstić information content (AvgIpc) is 2.10. The minimum atomic E-state index is -0.0612. The van der Waals surface area contributed by atoms with Gasteiger partial charge in [-0.3, -0.25) is 0 Å². The monoisotopic (exact) mass is 201 g/mol. The van der Waals surface area contributed by atoms with E-state index in [1.54, 1.807) is 6.92 Å². The number of carbonyl (C=O) groups is 1. The van der Waals surface area contributed by atoms with E-state index in [1.165, 1.54) is 23.8 Å². The van der Waals surface area contributed by atoms with Crippen molar-refractivity contribution in [2.24, 2.45) is 0 Å². The number of aromatic nitrogens is 1. The van der Waals surface area contributed by atoms with Crippen molar-refractivity contribution >= 4 is 27.3 Å². The Morgan fingerprint density at radius 2 is 2.30 bits per heavy atom. The summed E-state index contributed by atoms with van der Waals surface area (Å²) in [6, 6.07) is 0. The first-order chi connectivity index (χ1) is 4.61. The minimum absolute atomic E-state index is 0.0612. The Morgan fingerprint density at radius 1 is 1.70 bits per heavy atom. The number of hydrogen-bond acceptors (Lipinski definition) is 3. The molecular formula is C6H8AsNO2. The summed E-state index contributed by atoms with van der Waals surface area (Å²) in [6.45, 7) is 3.24. The van der Waals surface area contributed by atoms with Gasteiger partial charge in [0.1, 0.15) is 0 Å². The molecule has 1 aromatic rings. The van der Waals surface area contributed by atoms with Gasteiger partial charge < -0.3 is 0 Å². The van der Waals surface area contributed by atoms with Crippen LogP contribution in [0.5, 0.6) is 0 Å². The Morgan fingerprint density at radius 3 is 2.50 bits per heavy atom. The Labute approximate surface area is 67.3 Å². The summed E-state index contributed by atoms with van der Waals surface area (Å²) < 4.78 is 5.65. The SMILES string of the molecule is CC(=O)c1oc([AsH2])nc1C. The van der Waals surface area contributed by atoms with Crippen LogP contribution in [0.1, 0.15) is 23.2 Å². The van der Waals surface area contributed by atoms with Crippen LogP contribution < -0.4 is 4.68 Å². The summed E-state index contributed by atoms with van der Waals surface area (Å²) in [5, 5.41) is 0. The van der Waals surface area contributed by atoms with Crippen molar-refractivity contribution in [2.45, 2.75) is 13.8 Å². The van der Waals surface area contributed by atoms with Crippen LogP contribution >= 0.6 is 0 Å². The molecule has 0 radical (unpaired) electrons. The van der Waals surface area contributed by atoms with E-state index in [9.17, 15) is 4.79 Å². The molecule has 0 saturated heterocycles. The predicted octanol–water partition coefficient (Wildman–Crippen LogP) is -0.556. The molecule has 54 valence electrons. The normalized spacial score (nSPS) is 9.90. The molecule has 0 N–H and O–H groups in total. The van der Waals surface area contributed by atoms with Gasteiger partial charge >= 0.3 is 66.8 Å². The quantitative estimate of drug-likeness (QED) is 0.452. The van der Waals surface area contributed by atoms with E-state index in [0.717, 1.165) is 0 Å². The topological polar surface area (TPSA) is 43.1 Å². The molecule has 0 amide bonds. The molecule has 10 heavy (non-hydrogen) atoms. The van der Waals surface area contributed by atoms with Crippen LogP contribution in [-0.4, -0.2) is 27.6 Å². The molecule has 0 bridgehead atoms. The molecule has 1 heterocycles. The van der Waals surface area contributed by atoms with Gasteiger partial charge in [0.25, 0.3) is 0 Å². The number of rotatable bonds is 1. The summed E-state index contributed by atoms with van der Waals surface area (Å²) >= 11 is 1.29. The van der Waals surface area contributed by atoms with Crippen molar-refractivity contribution < 1.29 is 9.21 Å². The number of ketones is 1. The third-order valence-electron chi connectivity index (χ3n) is 1.13. The molecule has 1 atom stereocenters. The van der Waals surface area contributed by atoms with Crippen molar-refractivity contribution in [2.75, 3.05) is 0 Å². The van der Waals surface area contributed by atoms with E-state index in [-0.39, 0.29) is 5.78 Å². The number of Topliss-reactive ketones (excluding diaryl/α,β-unsaturated/α-hetero) is 1. The summed E-state index contributed by atoms with van der Waals surface area (Å²) in [6.07, 6.45) is 0. The van der Waals surface area contributed by atoms with Gasteiger partial charge in [-0.25, -0.2) is 0 Å². The first kappa shape index (κ1) is 7.54. The van der Waals surface area contributed by atoms with Gasteiger partial charge in [0, 0.05) is 0 Å². The second-order valence-electron chi connectivity index (χ2n) is 2.02. The van der Waals surface area contributed by atoms with Gasteiger partial charge in [-0.15, -0.1) is 0 Å². The van der Waals surface area contributed by atoms with E-state index in [4.69, 9.17) is 4.42 Å². The van der Waals surface area contributed by atoms with Crippen LogP contribution in [0.15, 0.2) is 4.42 Å². The zero-order valence-electron chi connectivity index (χ0n) is 5.84. The molecule has 1 rings (SSSR count). The second-order valence-corrected chi connectivity index (χ2v) is 3.06. The van der Waals surface area contributed by atoms with Gasteiger partial charge in [-0.1, -0.05) is 0 Å². The third-order valence-corrected chi connectivity index (χ3v) is 1.65. The van der Waals surface area contributed by atoms with E-state index < -0.39 is 0 Å². The van der Waals surface area contributed by atoms with Crippen LogP contribution in [-0.2, 0) is 0 Å². The van der Waals surface area contributed by atoms with Crippen LogP contribution in [0.25, 0.3) is 0 Å². The molecule has 1 aromatic heterocycles. The Balaban J connectivity index is 3.15. The van der Waals surface area contributed by atoms with Crippen LogP contribution in [0.4, 0.5) is 0 Å². The van der Waals surface area contributed by atoms with Gasteiger partial charge in [0.05, 0.1) is 0 Å². The molecule has 0 aliphatic rings. The molecular weight excluding hydrogens is 193 g/mol. The molecule has 0 aliphatic carbocycles. The number of carbonyl (C=O) groups excluding carboxylic acids is 1. The fourth-order valence-electron chi connectivity index (χ4n) is 0.744. The molecule has 4 heteroatoms. The Bertz CT molecular complexity index is 267. The van der Waals surface area contributed by atoms with Crippen molar-refractivity contribution in [1.29, 1.82) is 0 Å².